The van der Waals surface area contributed by atoms with Gasteiger partial charge in [-0.1, -0.05) is 84.9 Å². The lowest BCUT2D eigenvalue weighted by Crippen LogP contribution is -3.00. The molecule has 29 heavy (non-hydrogen) atoms. The van der Waals surface area contributed by atoms with Gasteiger partial charge >= 0.3 is 0 Å². The molecule has 0 heterocycles. The molecule has 0 aliphatic heterocycles. The van der Waals surface area contributed by atoms with Crippen LogP contribution in [0.4, 0.5) is 0 Å². The summed E-state index contributed by atoms with van der Waals surface area (Å²) in [5.74, 6) is 0. The zero-order valence-corrected chi connectivity index (χ0v) is 20.1. The fourth-order valence-corrected chi connectivity index (χ4v) is 7.87. The van der Waals surface area contributed by atoms with Crippen molar-refractivity contribution in [3.05, 3.63) is 127 Å². The van der Waals surface area contributed by atoms with Gasteiger partial charge in [0.1, 0.15) is 23.2 Å². The van der Waals surface area contributed by atoms with E-state index in [2.05, 4.69) is 121 Å². The van der Waals surface area contributed by atoms with Crippen molar-refractivity contribution in [3.8, 4) is 0 Å². The predicted octanol–water partition coefficient (Wildman–Crippen LogP) is 2.66. The molecular formula is C25H26Cl2P2. The molecule has 0 saturated heterocycles. The first-order valence-electron chi connectivity index (χ1n) is 8.98. The summed E-state index contributed by atoms with van der Waals surface area (Å²) in [5, 5.41) is 4.30. The van der Waals surface area contributed by atoms with Crippen LogP contribution in [0.3, 0.4) is 0 Å². The molecule has 1 atom stereocenters. The van der Waals surface area contributed by atoms with Crippen LogP contribution in [0.15, 0.2) is 121 Å². The second-order valence-corrected chi connectivity index (χ2v) is 9.95. The number of benzene rings is 4. The van der Waals surface area contributed by atoms with Crippen molar-refractivity contribution in [1.29, 1.82) is 0 Å². The van der Waals surface area contributed by atoms with Crippen molar-refractivity contribution in [2.24, 2.45) is 0 Å². The molecule has 0 saturated carbocycles. The van der Waals surface area contributed by atoms with Gasteiger partial charge in [-0.05, 0) is 42.0 Å². The van der Waals surface area contributed by atoms with Crippen molar-refractivity contribution >= 4 is 45.5 Å². The zero-order chi connectivity index (χ0) is 17.7. The molecule has 1 unspecified atom stereocenters. The van der Waals surface area contributed by atoms with Gasteiger partial charge in [0, 0.05) is 0 Å². The van der Waals surface area contributed by atoms with E-state index in [9.17, 15) is 0 Å². The summed E-state index contributed by atoms with van der Waals surface area (Å²) in [6.07, 6.45) is 1.03. The van der Waals surface area contributed by atoms with E-state index in [4.69, 9.17) is 0 Å². The molecular weight excluding hydrogens is 433 g/mol. The quantitative estimate of drug-likeness (QED) is 0.403. The van der Waals surface area contributed by atoms with Gasteiger partial charge in [0.15, 0.2) is 0 Å². The van der Waals surface area contributed by atoms with Crippen molar-refractivity contribution < 1.29 is 12.4 Å². The van der Waals surface area contributed by atoms with E-state index in [1.807, 2.05) is 0 Å². The highest BCUT2D eigenvalue weighted by Crippen LogP contribution is 2.58. The number of halogens is 2. The standard InChI is InChI=1S/C25H22P.2ClH.H3P/c1-5-13-22(14-6-1)21-26(23-15-7-2-8-16-23,24-17-9-3-10-18-24)25-19-11-4-12-20-25;;;/h1-20H,21H2;2*1H;1H3/q+1;;;/p-1. The molecule has 0 aliphatic carbocycles. The molecule has 4 aromatic rings. The molecule has 4 heteroatoms. The van der Waals surface area contributed by atoms with Crippen molar-refractivity contribution in [2.45, 2.75) is 6.16 Å². The Bertz CT molecular complexity index is 850. The number of hydrogen-bond donors (Lipinski definition) is 0. The van der Waals surface area contributed by atoms with Gasteiger partial charge < -0.3 is 12.4 Å². The lowest BCUT2D eigenvalue weighted by molar-refractivity contribution is -0.00000534. The topological polar surface area (TPSA) is 0 Å². The monoisotopic (exact) mass is 458 g/mol. The molecule has 0 aromatic heterocycles. The fourth-order valence-electron chi connectivity index (χ4n) is 3.63. The summed E-state index contributed by atoms with van der Waals surface area (Å²) in [4.78, 5) is 0. The minimum atomic E-state index is -1.78. The summed E-state index contributed by atoms with van der Waals surface area (Å²) >= 11 is 0. The van der Waals surface area contributed by atoms with E-state index >= 15 is 0 Å². The maximum Gasteiger partial charge on any atom is 0.116 e. The Morgan fingerprint density at radius 2 is 0.724 bits per heavy atom. The van der Waals surface area contributed by atoms with E-state index in [1.54, 1.807) is 0 Å². The highest BCUT2D eigenvalue weighted by Gasteiger charge is 2.45. The lowest BCUT2D eigenvalue weighted by atomic mass is 10.2. The highest BCUT2D eigenvalue weighted by molar-refractivity contribution is 7.95. The van der Waals surface area contributed by atoms with Gasteiger partial charge in [-0.3, -0.25) is 0 Å². The summed E-state index contributed by atoms with van der Waals surface area (Å²) in [5.41, 5.74) is 1.39. The van der Waals surface area contributed by atoms with E-state index < -0.39 is 7.26 Å². The maximum atomic E-state index is 2.30. The number of rotatable bonds is 5. The molecule has 0 nitrogen and oxygen atoms in total. The third-order valence-corrected chi connectivity index (χ3v) is 9.23. The van der Waals surface area contributed by atoms with Crippen LogP contribution < -0.4 is 28.3 Å². The van der Waals surface area contributed by atoms with E-state index in [-0.39, 0.29) is 34.7 Å². The largest absolute Gasteiger partial charge is 1.00 e. The van der Waals surface area contributed by atoms with Crippen LogP contribution in [-0.2, 0) is 6.16 Å². The summed E-state index contributed by atoms with van der Waals surface area (Å²) in [6, 6.07) is 44.0. The second-order valence-electron chi connectivity index (χ2n) is 6.46. The minimum absolute atomic E-state index is 0. The highest BCUT2D eigenvalue weighted by atomic mass is 35.5. The summed E-state index contributed by atoms with van der Waals surface area (Å²) < 4.78 is 0. The van der Waals surface area contributed by atoms with Gasteiger partial charge in [-0.15, -0.1) is 12.4 Å². The van der Waals surface area contributed by atoms with Gasteiger partial charge in [-0.2, -0.15) is 9.90 Å². The molecule has 4 aromatic carbocycles. The van der Waals surface area contributed by atoms with E-state index in [0.29, 0.717) is 0 Å². The molecule has 0 fully saturated rings. The van der Waals surface area contributed by atoms with Crippen LogP contribution in [0.25, 0.3) is 0 Å². The Hall–Kier alpha value is -1.68. The Morgan fingerprint density at radius 3 is 1.03 bits per heavy atom. The normalized spacial score (nSPS) is 10.1. The smallest absolute Gasteiger partial charge is 0.116 e. The molecule has 0 spiro atoms. The Morgan fingerprint density at radius 1 is 0.448 bits per heavy atom. The van der Waals surface area contributed by atoms with Crippen molar-refractivity contribution in [2.75, 3.05) is 0 Å². The molecule has 0 bridgehead atoms. The molecule has 4 rings (SSSR count). The average Bonchev–Trinajstić information content (AvgIpc) is 2.75. The Labute approximate surface area is 190 Å². The first-order valence-corrected chi connectivity index (χ1v) is 11.0. The third kappa shape index (κ3) is 5.48. The maximum absolute atomic E-state index is 2.30. The molecule has 0 amide bonds. The van der Waals surface area contributed by atoms with Gasteiger partial charge in [-0.25, -0.2) is 0 Å². The van der Waals surface area contributed by atoms with Crippen LogP contribution in [0.1, 0.15) is 5.56 Å². The summed E-state index contributed by atoms with van der Waals surface area (Å²) in [6.45, 7) is 0. The zero-order valence-electron chi connectivity index (χ0n) is 16.2. The molecule has 150 valence electrons. The van der Waals surface area contributed by atoms with Crippen LogP contribution in [0.5, 0.6) is 0 Å². The van der Waals surface area contributed by atoms with Gasteiger partial charge in [0.25, 0.3) is 0 Å². The first-order chi connectivity index (χ1) is 12.9. The van der Waals surface area contributed by atoms with Crippen molar-refractivity contribution in [3.63, 3.8) is 0 Å². The van der Waals surface area contributed by atoms with E-state index in [1.165, 1.54) is 21.5 Å². The first kappa shape index (κ1) is 25.4. The van der Waals surface area contributed by atoms with Crippen molar-refractivity contribution in [1.82, 2.24) is 0 Å². The molecule has 0 N–H and O–H groups in total. The van der Waals surface area contributed by atoms with Crippen LogP contribution in [-0.4, -0.2) is 0 Å². The average molecular weight is 459 g/mol. The lowest BCUT2D eigenvalue weighted by Gasteiger charge is -2.27. The Balaban J connectivity index is 0.00000140. The van der Waals surface area contributed by atoms with Gasteiger partial charge in [0.05, 0.1) is 6.16 Å². The predicted molar refractivity (Wildman–Crippen MR) is 134 cm³/mol. The summed E-state index contributed by atoms with van der Waals surface area (Å²) in [7, 11) is -1.78. The van der Waals surface area contributed by atoms with Crippen LogP contribution >= 0.6 is 29.6 Å². The SMILES string of the molecule is Cl.P.[Cl-].c1ccc(C[P+](c2ccccc2)(c2ccccc2)c2ccccc2)cc1. The second kappa shape index (κ2) is 12.1. The number of hydrogen-bond acceptors (Lipinski definition) is 0. The molecule has 0 aliphatic rings. The minimum Gasteiger partial charge on any atom is -1.00 e. The van der Waals surface area contributed by atoms with E-state index in [0.717, 1.165) is 6.16 Å². The third-order valence-electron chi connectivity index (χ3n) is 4.85. The fraction of sp³-hybridized carbons (Fsp3) is 0.0400. The van der Waals surface area contributed by atoms with Crippen LogP contribution in [0, 0.1) is 0 Å². The Kier molecular flexibility index (Phi) is 10.6. The van der Waals surface area contributed by atoms with Gasteiger partial charge in [0.2, 0.25) is 0 Å². The molecule has 0 radical (unpaired) electrons. The van der Waals surface area contributed by atoms with Crippen LogP contribution in [0.2, 0.25) is 0 Å².